The molecule has 0 aliphatic heterocycles. The van der Waals surface area contributed by atoms with Crippen molar-refractivity contribution in [3.8, 4) is 0 Å². The second-order valence-electron chi connectivity index (χ2n) is 4.42. The number of halogens is 2. The number of rotatable bonds is 4. The van der Waals surface area contributed by atoms with Gasteiger partial charge in [0, 0.05) is 16.8 Å². The topological polar surface area (TPSA) is 49.3 Å². The predicted octanol–water partition coefficient (Wildman–Crippen LogP) is 4.35. The average molecular weight is 294 g/mol. The van der Waals surface area contributed by atoms with Crippen molar-refractivity contribution >= 4 is 23.3 Å². The molecule has 0 aromatic heterocycles. The number of anilines is 1. The van der Waals surface area contributed by atoms with Crippen molar-refractivity contribution in [2.45, 2.75) is 13.0 Å². The Morgan fingerprint density at radius 2 is 2.05 bits per heavy atom. The number of hydrogen-bond donors (Lipinski definition) is 2. The molecule has 1 atom stereocenters. The van der Waals surface area contributed by atoms with Gasteiger partial charge in [0.2, 0.25) is 0 Å². The van der Waals surface area contributed by atoms with E-state index in [1.54, 1.807) is 18.2 Å². The molecule has 2 N–H and O–H groups in total. The quantitative estimate of drug-likeness (QED) is 0.881. The predicted molar refractivity (Wildman–Crippen MR) is 76.8 cm³/mol. The third-order valence-electron chi connectivity index (χ3n) is 2.92. The maximum absolute atomic E-state index is 13.0. The van der Waals surface area contributed by atoms with Crippen LogP contribution in [0.3, 0.4) is 0 Å². The summed E-state index contributed by atoms with van der Waals surface area (Å²) in [4.78, 5) is 10.9. The second-order valence-corrected chi connectivity index (χ2v) is 4.83. The van der Waals surface area contributed by atoms with Crippen molar-refractivity contribution in [2.24, 2.45) is 0 Å². The van der Waals surface area contributed by atoms with E-state index in [0.717, 1.165) is 5.56 Å². The van der Waals surface area contributed by atoms with E-state index >= 15 is 0 Å². The molecule has 0 saturated heterocycles. The summed E-state index contributed by atoms with van der Waals surface area (Å²) >= 11 is 6.00. The number of benzene rings is 2. The molecule has 0 radical (unpaired) electrons. The van der Waals surface area contributed by atoms with Gasteiger partial charge in [-0.3, -0.25) is 0 Å². The lowest BCUT2D eigenvalue weighted by molar-refractivity contribution is 0.0697. The second kappa shape index (κ2) is 5.92. The average Bonchev–Trinajstić information content (AvgIpc) is 2.38. The summed E-state index contributed by atoms with van der Waals surface area (Å²) in [6.07, 6.45) is 0. The minimum Gasteiger partial charge on any atom is -0.478 e. The van der Waals surface area contributed by atoms with Crippen LogP contribution in [-0.2, 0) is 0 Å². The SMILES string of the molecule is CC(Nc1cccc(C(=O)O)c1)c1ccc(F)cc1Cl. The number of carboxylic acids is 1. The Bertz CT molecular complexity index is 646. The van der Waals surface area contributed by atoms with Gasteiger partial charge in [0.15, 0.2) is 0 Å². The van der Waals surface area contributed by atoms with Gasteiger partial charge in [0.05, 0.1) is 5.56 Å². The molecule has 0 fully saturated rings. The first-order valence-corrected chi connectivity index (χ1v) is 6.40. The summed E-state index contributed by atoms with van der Waals surface area (Å²) in [5, 5.41) is 12.4. The van der Waals surface area contributed by atoms with Gasteiger partial charge >= 0.3 is 5.97 Å². The van der Waals surface area contributed by atoms with Gasteiger partial charge in [-0.1, -0.05) is 23.7 Å². The van der Waals surface area contributed by atoms with E-state index in [-0.39, 0.29) is 17.4 Å². The first-order valence-electron chi connectivity index (χ1n) is 6.02. The zero-order valence-corrected chi connectivity index (χ0v) is 11.5. The highest BCUT2D eigenvalue weighted by molar-refractivity contribution is 6.31. The molecular formula is C15H13ClFNO2. The maximum Gasteiger partial charge on any atom is 0.335 e. The van der Waals surface area contributed by atoms with E-state index in [4.69, 9.17) is 16.7 Å². The molecular weight excluding hydrogens is 281 g/mol. The molecule has 2 aromatic carbocycles. The van der Waals surface area contributed by atoms with E-state index in [1.807, 2.05) is 6.92 Å². The largest absolute Gasteiger partial charge is 0.478 e. The minimum atomic E-state index is -0.985. The molecule has 2 aromatic rings. The highest BCUT2D eigenvalue weighted by atomic mass is 35.5. The van der Waals surface area contributed by atoms with Gasteiger partial charge in [0.1, 0.15) is 5.82 Å². The van der Waals surface area contributed by atoms with Crippen LogP contribution in [0.1, 0.15) is 28.9 Å². The molecule has 20 heavy (non-hydrogen) atoms. The van der Waals surface area contributed by atoms with Crippen molar-refractivity contribution in [3.63, 3.8) is 0 Å². The van der Waals surface area contributed by atoms with Crippen LogP contribution in [0.5, 0.6) is 0 Å². The first-order chi connectivity index (χ1) is 9.47. The molecule has 0 aliphatic rings. The number of nitrogens with one attached hydrogen (secondary N) is 1. The van der Waals surface area contributed by atoms with Crippen molar-refractivity contribution in [1.29, 1.82) is 0 Å². The van der Waals surface area contributed by atoms with Crippen LogP contribution in [0.2, 0.25) is 5.02 Å². The number of carbonyl (C=O) groups is 1. The summed E-state index contributed by atoms with van der Waals surface area (Å²) in [5.41, 5.74) is 1.61. The first kappa shape index (κ1) is 14.3. The van der Waals surface area contributed by atoms with Gasteiger partial charge in [-0.15, -0.1) is 0 Å². The summed E-state index contributed by atoms with van der Waals surface area (Å²) in [7, 11) is 0. The van der Waals surface area contributed by atoms with E-state index in [0.29, 0.717) is 10.7 Å². The fraction of sp³-hybridized carbons (Fsp3) is 0.133. The molecule has 0 spiro atoms. The Kier molecular flexibility index (Phi) is 4.25. The van der Waals surface area contributed by atoms with Crippen LogP contribution in [0, 0.1) is 5.82 Å². The summed E-state index contributed by atoms with van der Waals surface area (Å²) < 4.78 is 13.0. The van der Waals surface area contributed by atoms with Crippen LogP contribution in [0.4, 0.5) is 10.1 Å². The minimum absolute atomic E-state index is 0.174. The lowest BCUT2D eigenvalue weighted by atomic mass is 10.1. The van der Waals surface area contributed by atoms with E-state index < -0.39 is 5.97 Å². The van der Waals surface area contributed by atoms with Crippen molar-refractivity contribution in [3.05, 3.63) is 64.4 Å². The summed E-state index contributed by atoms with van der Waals surface area (Å²) in [6.45, 7) is 1.87. The van der Waals surface area contributed by atoms with E-state index in [9.17, 15) is 9.18 Å². The van der Waals surface area contributed by atoms with Gasteiger partial charge in [-0.05, 0) is 42.8 Å². The monoisotopic (exact) mass is 293 g/mol. The van der Waals surface area contributed by atoms with Crippen molar-refractivity contribution < 1.29 is 14.3 Å². The van der Waals surface area contributed by atoms with Gasteiger partial charge < -0.3 is 10.4 Å². The summed E-state index contributed by atoms with van der Waals surface area (Å²) in [6, 6.07) is 10.5. The Balaban J connectivity index is 2.21. The standard InChI is InChI=1S/C15H13ClFNO2/c1-9(13-6-5-11(17)8-14(13)16)18-12-4-2-3-10(7-12)15(19)20/h2-9,18H,1H3,(H,19,20). The lowest BCUT2D eigenvalue weighted by Gasteiger charge is -2.17. The van der Waals surface area contributed by atoms with E-state index in [2.05, 4.69) is 5.32 Å². The molecule has 5 heteroatoms. The fourth-order valence-electron chi connectivity index (χ4n) is 1.92. The van der Waals surface area contributed by atoms with Crippen LogP contribution in [-0.4, -0.2) is 11.1 Å². The highest BCUT2D eigenvalue weighted by Gasteiger charge is 2.11. The van der Waals surface area contributed by atoms with Crippen LogP contribution < -0.4 is 5.32 Å². The lowest BCUT2D eigenvalue weighted by Crippen LogP contribution is -2.08. The molecule has 1 unspecified atom stereocenters. The summed E-state index contributed by atoms with van der Waals surface area (Å²) in [5.74, 6) is -1.38. The Morgan fingerprint density at radius 3 is 2.70 bits per heavy atom. The molecule has 0 bridgehead atoms. The molecule has 0 saturated carbocycles. The van der Waals surface area contributed by atoms with Gasteiger partial charge in [0.25, 0.3) is 0 Å². The number of carboxylic acid groups (broad SMARTS) is 1. The third kappa shape index (κ3) is 3.27. The zero-order valence-electron chi connectivity index (χ0n) is 10.7. The van der Waals surface area contributed by atoms with Crippen LogP contribution in [0.15, 0.2) is 42.5 Å². The molecule has 0 amide bonds. The molecule has 2 rings (SSSR count). The zero-order chi connectivity index (χ0) is 14.7. The normalized spacial score (nSPS) is 11.9. The smallest absolute Gasteiger partial charge is 0.335 e. The molecule has 3 nitrogen and oxygen atoms in total. The fourth-order valence-corrected chi connectivity index (χ4v) is 2.25. The number of aromatic carboxylic acids is 1. The van der Waals surface area contributed by atoms with Crippen LogP contribution in [0.25, 0.3) is 0 Å². The maximum atomic E-state index is 13.0. The Hall–Kier alpha value is -2.07. The molecule has 104 valence electrons. The highest BCUT2D eigenvalue weighted by Crippen LogP contribution is 2.26. The third-order valence-corrected chi connectivity index (χ3v) is 3.25. The van der Waals surface area contributed by atoms with Crippen LogP contribution >= 0.6 is 11.6 Å². The van der Waals surface area contributed by atoms with Gasteiger partial charge in [-0.2, -0.15) is 0 Å². The van der Waals surface area contributed by atoms with Gasteiger partial charge in [-0.25, -0.2) is 9.18 Å². The van der Waals surface area contributed by atoms with Crippen molar-refractivity contribution in [1.82, 2.24) is 0 Å². The van der Waals surface area contributed by atoms with Crippen molar-refractivity contribution in [2.75, 3.05) is 5.32 Å². The number of hydrogen-bond acceptors (Lipinski definition) is 2. The van der Waals surface area contributed by atoms with E-state index in [1.165, 1.54) is 24.3 Å². The Labute approximate surface area is 121 Å². The molecule has 0 aliphatic carbocycles. The molecule has 0 heterocycles. The Morgan fingerprint density at radius 1 is 1.30 bits per heavy atom.